The second-order valence-electron chi connectivity index (χ2n) is 7.78. The van der Waals surface area contributed by atoms with Gasteiger partial charge < -0.3 is 9.47 Å². The smallest absolute Gasteiger partial charge is 0.130 e. The fourth-order valence-electron chi connectivity index (χ4n) is 3.44. The van der Waals surface area contributed by atoms with Gasteiger partial charge in [-0.2, -0.15) is 0 Å². The van der Waals surface area contributed by atoms with Crippen LogP contribution in [-0.4, -0.2) is 13.2 Å². The largest absolute Gasteiger partial charge is 0.492 e. The van der Waals surface area contributed by atoms with Gasteiger partial charge in [0.2, 0.25) is 0 Å². The minimum absolute atomic E-state index is 0.528. The standard InChI is InChI=1S/C22H30O2/c1-15(2)13-23-21-17-9-5-7-11-19(17)22(24-14-16(3)4)20-12-8-6-10-18(20)21/h5,7,9,11,15-16H,6,8,10,12-14H2,1-4H3. The number of benzene rings is 2. The highest BCUT2D eigenvalue weighted by Crippen LogP contribution is 2.44. The lowest BCUT2D eigenvalue weighted by atomic mass is 9.87. The molecule has 2 heteroatoms. The van der Waals surface area contributed by atoms with Crippen LogP contribution in [0.3, 0.4) is 0 Å². The first-order chi connectivity index (χ1) is 11.6. The third-order valence-electron chi connectivity index (χ3n) is 4.55. The zero-order valence-electron chi connectivity index (χ0n) is 15.5. The Kier molecular flexibility index (Phi) is 5.33. The van der Waals surface area contributed by atoms with E-state index >= 15 is 0 Å². The van der Waals surface area contributed by atoms with Gasteiger partial charge in [0.15, 0.2) is 0 Å². The lowest BCUT2D eigenvalue weighted by Gasteiger charge is -2.26. The number of hydrogen-bond acceptors (Lipinski definition) is 2. The molecule has 0 saturated heterocycles. The molecule has 0 bridgehead atoms. The Hall–Kier alpha value is -1.70. The molecule has 1 aliphatic carbocycles. The predicted octanol–water partition coefficient (Wildman–Crippen LogP) is 5.79. The van der Waals surface area contributed by atoms with E-state index in [-0.39, 0.29) is 0 Å². The number of hydrogen-bond donors (Lipinski definition) is 0. The van der Waals surface area contributed by atoms with Crippen LogP contribution in [0.15, 0.2) is 24.3 Å². The number of rotatable bonds is 6. The molecule has 3 rings (SSSR count). The summed E-state index contributed by atoms with van der Waals surface area (Å²) in [7, 11) is 0. The van der Waals surface area contributed by atoms with Crippen molar-refractivity contribution >= 4 is 10.8 Å². The second kappa shape index (κ2) is 7.46. The maximum atomic E-state index is 6.30. The molecule has 0 fully saturated rings. The SMILES string of the molecule is CC(C)COc1c2c(c(OCC(C)C)c3ccccc13)CCCC2. The van der Waals surface area contributed by atoms with Crippen molar-refractivity contribution in [3.8, 4) is 11.5 Å². The van der Waals surface area contributed by atoms with Crippen LogP contribution < -0.4 is 9.47 Å². The third-order valence-corrected chi connectivity index (χ3v) is 4.55. The summed E-state index contributed by atoms with van der Waals surface area (Å²) in [4.78, 5) is 0. The van der Waals surface area contributed by atoms with Crippen LogP contribution in [-0.2, 0) is 12.8 Å². The van der Waals surface area contributed by atoms with Crippen molar-refractivity contribution in [2.45, 2.75) is 53.4 Å². The van der Waals surface area contributed by atoms with Gasteiger partial charge in [-0.1, -0.05) is 52.0 Å². The molecule has 2 nitrogen and oxygen atoms in total. The molecule has 0 N–H and O–H groups in total. The lowest BCUT2D eigenvalue weighted by molar-refractivity contribution is 0.263. The molecule has 0 aliphatic heterocycles. The van der Waals surface area contributed by atoms with Crippen molar-refractivity contribution in [2.24, 2.45) is 11.8 Å². The molecule has 0 radical (unpaired) electrons. The Balaban J connectivity index is 2.15. The quantitative estimate of drug-likeness (QED) is 0.669. The summed E-state index contributed by atoms with van der Waals surface area (Å²) in [6, 6.07) is 8.57. The highest BCUT2D eigenvalue weighted by Gasteiger charge is 2.24. The Labute approximate surface area is 146 Å². The van der Waals surface area contributed by atoms with Gasteiger partial charge in [0.05, 0.1) is 13.2 Å². The van der Waals surface area contributed by atoms with E-state index < -0.39 is 0 Å². The average molecular weight is 326 g/mol. The Morgan fingerprint density at radius 2 is 1.17 bits per heavy atom. The second-order valence-corrected chi connectivity index (χ2v) is 7.78. The van der Waals surface area contributed by atoms with Crippen molar-refractivity contribution in [3.05, 3.63) is 35.4 Å². The highest BCUT2D eigenvalue weighted by atomic mass is 16.5. The molecule has 0 heterocycles. The summed E-state index contributed by atoms with van der Waals surface area (Å²) in [5.41, 5.74) is 2.78. The first kappa shape index (κ1) is 17.1. The van der Waals surface area contributed by atoms with Crippen molar-refractivity contribution in [3.63, 3.8) is 0 Å². The van der Waals surface area contributed by atoms with Gasteiger partial charge in [0.1, 0.15) is 11.5 Å². The van der Waals surface area contributed by atoms with E-state index in [1.54, 1.807) is 0 Å². The topological polar surface area (TPSA) is 18.5 Å². The zero-order chi connectivity index (χ0) is 17.1. The van der Waals surface area contributed by atoms with E-state index in [9.17, 15) is 0 Å². The van der Waals surface area contributed by atoms with E-state index in [0.29, 0.717) is 11.8 Å². The van der Waals surface area contributed by atoms with Gasteiger partial charge >= 0.3 is 0 Å². The normalized spacial score (nSPS) is 14.2. The van der Waals surface area contributed by atoms with E-state index in [4.69, 9.17) is 9.47 Å². The van der Waals surface area contributed by atoms with Crippen LogP contribution in [0.25, 0.3) is 10.8 Å². The molecule has 0 saturated carbocycles. The molecular weight excluding hydrogens is 296 g/mol. The zero-order valence-corrected chi connectivity index (χ0v) is 15.5. The maximum absolute atomic E-state index is 6.30. The molecule has 0 spiro atoms. The molecule has 24 heavy (non-hydrogen) atoms. The third kappa shape index (κ3) is 3.53. The van der Waals surface area contributed by atoms with Gasteiger partial charge in [-0.25, -0.2) is 0 Å². The average Bonchev–Trinajstić information content (AvgIpc) is 2.57. The molecular formula is C22H30O2. The summed E-state index contributed by atoms with van der Waals surface area (Å²) in [6.07, 6.45) is 4.69. The number of ether oxygens (including phenoxy) is 2. The molecule has 1 aliphatic rings. The van der Waals surface area contributed by atoms with E-state index in [1.807, 2.05) is 0 Å². The van der Waals surface area contributed by atoms with Crippen LogP contribution in [0.5, 0.6) is 11.5 Å². The summed E-state index contributed by atoms with van der Waals surface area (Å²) >= 11 is 0. The Bertz CT molecular complexity index is 640. The summed E-state index contributed by atoms with van der Waals surface area (Å²) in [6.45, 7) is 10.3. The van der Waals surface area contributed by atoms with Gasteiger partial charge in [-0.15, -0.1) is 0 Å². The van der Waals surface area contributed by atoms with E-state index in [2.05, 4.69) is 52.0 Å². The minimum atomic E-state index is 0.528. The van der Waals surface area contributed by atoms with E-state index in [0.717, 1.165) is 37.6 Å². The molecule has 2 aromatic rings. The monoisotopic (exact) mass is 326 g/mol. The highest BCUT2D eigenvalue weighted by molar-refractivity contribution is 5.96. The van der Waals surface area contributed by atoms with E-state index in [1.165, 1.54) is 34.7 Å². The molecule has 130 valence electrons. The first-order valence-corrected chi connectivity index (χ1v) is 9.40. The van der Waals surface area contributed by atoms with Gasteiger partial charge in [-0.05, 0) is 37.5 Å². The molecule has 0 amide bonds. The summed E-state index contributed by atoms with van der Waals surface area (Å²) < 4.78 is 12.6. The molecule has 0 unspecified atom stereocenters. The first-order valence-electron chi connectivity index (χ1n) is 9.40. The van der Waals surface area contributed by atoms with Gasteiger partial charge in [0, 0.05) is 21.9 Å². The lowest BCUT2D eigenvalue weighted by Crippen LogP contribution is -2.14. The fraction of sp³-hybridized carbons (Fsp3) is 0.545. The predicted molar refractivity (Wildman–Crippen MR) is 101 cm³/mol. The number of fused-ring (bicyclic) bond motifs is 2. The fourth-order valence-corrected chi connectivity index (χ4v) is 3.44. The Morgan fingerprint density at radius 3 is 1.54 bits per heavy atom. The van der Waals surface area contributed by atoms with Crippen molar-refractivity contribution in [2.75, 3.05) is 13.2 Å². The summed E-state index contributed by atoms with van der Waals surface area (Å²) in [5.74, 6) is 3.26. The maximum Gasteiger partial charge on any atom is 0.130 e. The van der Waals surface area contributed by atoms with Crippen LogP contribution >= 0.6 is 0 Å². The van der Waals surface area contributed by atoms with Gasteiger partial charge in [0.25, 0.3) is 0 Å². The van der Waals surface area contributed by atoms with Crippen LogP contribution in [0.1, 0.15) is 51.7 Å². The van der Waals surface area contributed by atoms with Crippen LogP contribution in [0.4, 0.5) is 0 Å². The van der Waals surface area contributed by atoms with Gasteiger partial charge in [-0.3, -0.25) is 0 Å². The van der Waals surface area contributed by atoms with Crippen molar-refractivity contribution in [1.82, 2.24) is 0 Å². The van der Waals surface area contributed by atoms with Crippen molar-refractivity contribution < 1.29 is 9.47 Å². The Morgan fingerprint density at radius 1 is 0.750 bits per heavy atom. The summed E-state index contributed by atoms with van der Waals surface area (Å²) in [5, 5.41) is 2.41. The van der Waals surface area contributed by atoms with Crippen LogP contribution in [0.2, 0.25) is 0 Å². The minimum Gasteiger partial charge on any atom is -0.492 e. The molecule has 2 aromatic carbocycles. The molecule has 0 atom stereocenters. The van der Waals surface area contributed by atoms with Crippen LogP contribution in [0, 0.1) is 11.8 Å². The molecule has 0 aromatic heterocycles. The van der Waals surface area contributed by atoms with Crippen molar-refractivity contribution in [1.29, 1.82) is 0 Å².